The molecule has 0 aliphatic carbocycles. The third kappa shape index (κ3) is 5.58. The number of rotatable bonds is 6. The van der Waals surface area contributed by atoms with Gasteiger partial charge in [-0.3, -0.25) is 4.90 Å². The SMILES string of the molecule is CCCCCSCN1CCCCC1. The van der Waals surface area contributed by atoms with Gasteiger partial charge in [-0.25, -0.2) is 0 Å². The number of hydrogen-bond donors (Lipinski definition) is 0. The van der Waals surface area contributed by atoms with E-state index in [0.29, 0.717) is 0 Å². The maximum Gasteiger partial charge on any atom is 0.0444 e. The molecule has 0 amide bonds. The van der Waals surface area contributed by atoms with Crippen LogP contribution in [0.25, 0.3) is 0 Å². The monoisotopic (exact) mass is 201 g/mol. The summed E-state index contributed by atoms with van der Waals surface area (Å²) in [5.41, 5.74) is 0. The molecule has 0 spiro atoms. The Balaban J connectivity index is 1.86. The van der Waals surface area contributed by atoms with Crippen molar-refractivity contribution in [2.24, 2.45) is 0 Å². The van der Waals surface area contributed by atoms with E-state index in [4.69, 9.17) is 0 Å². The van der Waals surface area contributed by atoms with Crippen LogP contribution in [-0.2, 0) is 0 Å². The summed E-state index contributed by atoms with van der Waals surface area (Å²) >= 11 is 2.13. The fourth-order valence-corrected chi connectivity index (χ4v) is 2.79. The van der Waals surface area contributed by atoms with E-state index in [1.54, 1.807) is 0 Å². The molecule has 0 aromatic heterocycles. The molecule has 0 bridgehead atoms. The Kier molecular flexibility index (Phi) is 6.73. The van der Waals surface area contributed by atoms with E-state index in [2.05, 4.69) is 23.6 Å². The number of likely N-dealkylation sites (tertiary alicyclic amines) is 1. The highest BCUT2D eigenvalue weighted by atomic mass is 32.2. The summed E-state index contributed by atoms with van der Waals surface area (Å²) in [5.74, 6) is 2.65. The summed E-state index contributed by atoms with van der Waals surface area (Å²) in [7, 11) is 0. The molecule has 0 aromatic rings. The summed E-state index contributed by atoms with van der Waals surface area (Å²) in [5, 5.41) is 0. The molecule has 1 aliphatic rings. The van der Waals surface area contributed by atoms with Crippen molar-refractivity contribution in [1.29, 1.82) is 0 Å². The molecule has 1 rings (SSSR count). The Morgan fingerprint density at radius 1 is 1.08 bits per heavy atom. The molecule has 0 saturated carbocycles. The molecule has 0 aromatic carbocycles. The molecule has 1 aliphatic heterocycles. The average molecular weight is 201 g/mol. The average Bonchev–Trinajstić information content (AvgIpc) is 2.19. The predicted molar refractivity (Wildman–Crippen MR) is 62.3 cm³/mol. The fraction of sp³-hybridized carbons (Fsp3) is 1.00. The van der Waals surface area contributed by atoms with Crippen molar-refractivity contribution < 1.29 is 0 Å². The van der Waals surface area contributed by atoms with Crippen LogP contribution >= 0.6 is 11.8 Å². The number of nitrogens with zero attached hydrogens (tertiary/aromatic N) is 1. The van der Waals surface area contributed by atoms with Crippen molar-refractivity contribution in [3.05, 3.63) is 0 Å². The zero-order valence-corrected chi connectivity index (χ0v) is 9.74. The molecule has 0 radical (unpaired) electrons. The van der Waals surface area contributed by atoms with Crippen LogP contribution in [-0.4, -0.2) is 29.6 Å². The minimum absolute atomic E-state index is 1.28. The van der Waals surface area contributed by atoms with E-state index in [1.165, 1.54) is 63.2 Å². The molecule has 13 heavy (non-hydrogen) atoms. The van der Waals surface area contributed by atoms with Crippen molar-refractivity contribution in [3.8, 4) is 0 Å². The lowest BCUT2D eigenvalue weighted by molar-refractivity contribution is 0.266. The molecule has 0 atom stereocenters. The van der Waals surface area contributed by atoms with Gasteiger partial charge in [0.15, 0.2) is 0 Å². The number of unbranched alkanes of at least 4 members (excludes halogenated alkanes) is 2. The second-order valence-electron chi connectivity index (χ2n) is 3.92. The molecule has 1 nitrogen and oxygen atoms in total. The molecule has 1 saturated heterocycles. The molecule has 0 N–H and O–H groups in total. The molecular formula is C11H23NS. The Labute approximate surface area is 87.3 Å². The van der Waals surface area contributed by atoms with Crippen molar-refractivity contribution >= 4 is 11.8 Å². The van der Waals surface area contributed by atoms with Gasteiger partial charge < -0.3 is 0 Å². The van der Waals surface area contributed by atoms with Crippen LogP contribution in [0.1, 0.15) is 45.4 Å². The van der Waals surface area contributed by atoms with Gasteiger partial charge in [0, 0.05) is 5.88 Å². The van der Waals surface area contributed by atoms with E-state index < -0.39 is 0 Å². The lowest BCUT2D eigenvalue weighted by atomic mass is 10.1. The lowest BCUT2D eigenvalue weighted by Gasteiger charge is -2.25. The van der Waals surface area contributed by atoms with Crippen molar-refractivity contribution in [3.63, 3.8) is 0 Å². The minimum atomic E-state index is 1.28. The van der Waals surface area contributed by atoms with Gasteiger partial charge in [-0.05, 0) is 38.1 Å². The summed E-state index contributed by atoms with van der Waals surface area (Å²) in [6, 6.07) is 0. The first-order valence-electron chi connectivity index (χ1n) is 5.73. The van der Waals surface area contributed by atoms with Crippen molar-refractivity contribution in [1.82, 2.24) is 4.90 Å². The Morgan fingerprint density at radius 3 is 2.54 bits per heavy atom. The maximum atomic E-state index is 2.61. The molecular weight excluding hydrogens is 178 g/mol. The van der Waals surface area contributed by atoms with Crippen LogP contribution in [0.5, 0.6) is 0 Å². The van der Waals surface area contributed by atoms with Gasteiger partial charge in [0.05, 0.1) is 0 Å². The van der Waals surface area contributed by atoms with E-state index in [-0.39, 0.29) is 0 Å². The quantitative estimate of drug-likeness (QED) is 0.606. The van der Waals surface area contributed by atoms with E-state index in [9.17, 15) is 0 Å². The largest absolute Gasteiger partial charge is 0.294 e. The second kappa shape index (κ2) is 7.69. The Morgan fingerprint density at radius 2 is 1.85 bits per heavy atom. The summed E-state index contributed by atoms with van der Waals surface area (Å²) in [6.07, 6.45) is 8.48. The number of thioether (sulfide) groups is 1. The van der Waals surface area contributed by atoms with Crippen LogP contribution in [0.2, 0.25) is 0 Å². The smallest absolute Gasteiger partial charge is 0.0444 e. The maximum absolute atomic E-state index is 2.61. The van der Waals surface area contributed by atoms with E-state index in [1.807, 2.05) is 0 Å². The highest BCUT2D eigenvalue weighted by Gasteiger charge is 2.08. The van der Waals surface area contributed by atoms with Crippen LogP contribution in [0.3, 0.4) is 0 Å². The highest BCUT2D eigenvalue weighted by Crippen LogP contribution is 2.13. The topological polar surface area (TPSA) is 3.24 Å². The van der Waals surface area contributed by atoms with Gasteiger partial charge in [-0.2, -0.15) is 0 Å². The first-order chi connectivity index (χ1) is 6.43. The molecule has 78 valence electrons. The summed E-state index contributed by atoms with van der Waals surface area (Å²) < 4.78 is 0. The highest BCUT2D eigenvalue weighted by molar-refractivity contribution is 7.99. The van der Waals surface area contributed by atoms with Gasteiger partial charge in [0.25, 0.3) is 0 Å². The Hall–Kier alpha value is 0.310. The van der Waals surface area contributed by atoms with Crippen LogP contribution < -0.4 is 0 Å². The van der Waals surface area contributed by atoms with Gasteiger partial charge in [-0.15, -0.1) is 11.8 Å². The van der Waals surface area contributed by atoms with Gasteiger partial charge in [0.1, 0.15) is 0 Å². The lowest BCUT2D eigenvalue weighted by Crippen LogP contribution is -2.29. The zero-order valence-electron chi connectivity index (χ0n) is 8.93. The van der Waals surface area contributed by atoms with Gasteiger partial charge in [0.2, 0.25) is 0 Å². The van der Waals surface area contributed by atoms with Crippen molar-refractivity contribution in [2.45, 2.75) is 45.4 Å². The summed E-state index contributed by atoms with van der Waals surface area (Å²) in [6.45, 7) is 4.97. The molecule has 1 heterocycles. The normalized spacial score (nSPS) is 19.2. The van der Waals surface area contributed by atoms with Crippen LogP contribution in [0.4, 0.5) is 0 Å². The standard InChI is InChI=1S/C11H23NS/c1-2-3-7-10-13-11-12-8-5-4-6-9-12/h2-11H2,1H3. The predicted octanol–water partition coefficient (Wildman–Crippen LogP) is 3.35. The fourth-order valence-electron chi connectivity index (χ4n) is 1.74. The molecule has 2 heteroatoms. The van der Waals surface area contributed by atoms with Gasteiger partial charge >= 0.3 is 0 Å². The number of hydrogen-bond acceptors (Lipinski definition) is 2. The number of piperidine rings is 1. The first kappa shape index (κ1) is 11.4. The molecule has 0 unspecified atom stereocenters. The van der Waals surface area contributed by atoms with E-state index >= 15 is 0 Å². The van der Waals surface area contributed by atoms with Crippen LogP contribution in [0.15, 0.2) is 0 Å². The van der Waals surface area contributed by atoms with E-state index in [0.717, 1.165) is 0 Å². The zero-order chi connectivity index (χ0) is 9.36. The third-order valence-electron chi connectivity index (χ3n) is 2.61. The Bertz CT molecular complexity index is 111. The van der Waals surface area contributed by atoms with Crippen LogP contribution in [0, 0.1) is 0 Å². The molecule has 1 fully saturated rings. The summed E-state index contributed by atoms with van der Waals surface area (Å²) in [4.78, 5) is 2.61. The third-order valence-corrected chi connectivity index (χ3v) is 3.74. The first-order valence-corrected chi connectivity index (χ1v) is 6.89. The second-order valence-corrected chi connectivity index (χ2v) is 5.00. The van der Waals surface area contributed by atoms with Crippen molar-refractivity contribution in [2.75, 3.05) is 24.7 Å². The minimum Gasteiger partial charge on any atom is -0.294 e. The van der Waals surface area contributed by atoms with Gasteiger partial charge in [-0.1, -0.05) is 26.2 Å².